The molecule has 0 aromatic carbocycles. The van der Waals surface area contributed by atoms with E-state index < -0.39 is 5.97 Å². The molecule has 1 unspecified atom stereocenters. The van der Waals surface area contributed by atoms with Gasteiger partial charge >= 0.3 is 12.0 Å². The van der Waals surface area contributed by atoms with Gasteiger partial charge in [-0.05, 0) is 26.4 Å². The van der Waals surface area contributed by atoms with Crippen molar-refractivity contribution in [2.75, 3.05) is 46.4 Å². The van der Waals surface area contributed by atoms with Crippen molar-refractivity contribution < 1.29 is 19.4 Å². The van der Waals surface area contributed by atoms with Gasteiger partial charge in [-0.15, -0.1) is 0 Å². The Kier molecular flexibility index (Phi) is 7.32. The molecule has 7 heteroatoms. The average Bonchev–Trinajstić information content (AvgIpc) is 2.59. The molecule has 1 aliphatic rings. The summed E-state index contributed by atoms with van der Waals surface area (Å²) >= 11 is 0. The predicted octanol–water partition coefficient (Wildman–Crippen LogP) is 0.213. The van der Waals surface area contributed by atoms with Crippen LogP contribution in [0.5, 0.6) is 0 Å². The Bertz CT molecular complexity index is 325. The summed E-state index contributed by atoms with van der Waals surface area (Å²) in [6.45, 7) is 4.94. The van der Waals surface area contributed by atoms with Gasteiger partial charge in [0.15, 0.2) is 0 Å². The second-order valence-corrected chi connectivity index (χ2v) is 5.05. The number of carboxylic acids is 1. The molecule has 1 saturated heterocycles. The molecular weight excluding hydrogens is 262 g/mol. The first-order valence-electron chi connectivity index (χ1n) is 7.07. The highest BCUT2D eigenvalue weighted by atomic mass is 16.5. The summed E-state index contributed by atoms with van der Waals surface area (Å²) in [6.07, 6.45) is 1.89. The molecule has 7 nitrogen and oxygen atoms in total. The zero-order valence-corrected chi connectivity index (χ0v) is 12.3. The number of carboxylic acid groups (broad SMARTS) is 1. The van der Waals surface area contributed by atoms with E-state index in [1.807, 2.05) is 4.90 Å². The first-order chi connectivity index (χ1) is 9.54. The lowest BCUT2D eigenvalue weighted by molar-refractivity contribution is -0.142. The van der Waals surface area contributed by atoms with Crippen molar-refractivity contribution in [2.24, 2.45) is 0 Å². The minimum Gasteiger partial charge on any atom is -0.480 e. The van der Waals surface area contributed by atoms with E-state index in [2.05, 4.69) is 24.2 Å². The Balaban J connectivity index is 2.34. The fourth-order valence-corrected chi connectivity index (χ4v) is 2.35. The summed E-state index contributed by atoms with van der Waals surface area (Å²) in [6, 6.07) is 0.133. The molecule has 0 saturated carbocycles. The molecule has 0 spiro atoms. The molecule has 1 heterocycles. The molecule has 116 valence electrons. The molecule has 1 rings (SSSR count). The number of likely N-dealkylation sites (N-methyl/N-ethyl adjacent to an activating group) is 1. The van der Waals surface area contributed by atoms with Crippen LogP contribution in [-0.2, 0) is 9.53 Å². The van der Waals surface area contributed by atoms with Crippen LogP contribution in [-0.4, -0.2) is 79.4 Å². The van der Waals surface area contributed by atoms with Crippen LogP contribution < -0.4 is 5.32 Å². The normalized spacial score (nSPS) is 20.5. The number of rotatable bonds is 6. The van der Waals surface area contributed by atoms with E-state index in [0.717, 1.165) is 32.5 Å². The van der Waals surface area contributed by atoms with E-state index in [1.165, 1.54) is 0 Å². The molecule has 1 atom stereocenters. The number of amides is 2. The Morgan fingerprint density at radius 1 is 1.40 bits per heavy atom. The average molecular weight is 287 g/mol. The van der Waals surface area contributed by atoms with Crippen LogP contribution in [0.25, 0.3) is 0 Å². The van der Waals surface area contributed by atoms with Crippen LogP contribution in [0, 0.1) is 0 Å². The fraction of sp³-hybridized carbons (Fsp3) is 0.846. The molecule has 0 bridgehead atoms. The van der Waals surface area contributed by atoms with Crippen molar-refractivity contribution in [1.29, 1.82) is 0 Å². The maximum Gasteiger partial charge on any atom is 0.329 e. The molecule has 2 N–H and O–H groups in total. The van der Waals surface area contributed by atoms with Gasteiger partial charge in [0.05, 0.1) is 6.61 Å². The minimum absolute atomic E-state index is 0.0916. The highest BCUT2D eigenvalue weighted by Crippen LogP contribution is 2.11. The topological polar surface area (TPSA) is 82.1 Å². The molecule has 0 aromatic rings. The lowest BCUT2D eigenvalue weighted by atomic mass is 10.2. The number of nitrogens with zero attached hydrogens (tertiary/aromatic N) is 2. The van der Waals surface area contributed by atoms with Crippen molar-refractivity contribution in [3.63, 3.8) is 0 Å². The Hall–Kier alpha value is -1.34. The van der Waals surface area contributed by atoms with Gasteiger partial charge in [0.1, 0.15) is 6.61 Å². The monoisotopic (exact) mass is 287 g/mol. The molecule has 0 aliphatic carbocycles. The number of ether oxygens (including phenoxy) is 1. The third-order valence-electron chi connectivity index (χ3n) is 3.38. The maximum atomic E-state index is 12.1. The van der Waals surface area contributed by atoms with Crippen molar-refractivity contribution in [3.05, 3.63) is 0 Å². The smallest absolute Gasteiger partial charge is 0.329 e. The van der Waals surface area contributed by atoms with Crippen LogP contribution >= 0.6 is 0 Å². The van der Waals surface area contributed by atoms with Crippen molar-refractivity contribution in [3.8, 4) is 0 Å². The van der Waals surface area contributed by atoms with Crippen LogP contribution in [0.15, 0.2) is 0 Å². The molecule has 1 aliphatic heterocycles. The Morgan fingerprint density at radius 3 is 2.80 bits per heavy atom. The molecule has 20 heavy (non-hydrogen) atoms. The Morgan fingerprint density at radius 2 is 2.15 bits per heavy atom. The van der Waals surface area contributed by atoms with Crippen molar-refractivity contribution >= 4 is 12.0 Å². The minimum atomic E-state index is -1.00. The summed E-state index contributed by atoms with van der Waals surface area (Å²) < 4.78 is 4.89. The molecule has 0 radical (unpaired) electrons. The van der Waals surface area contributed by atoms with Gasteiger partial charge in [-0.2, -0.15) is 0 Å². The number of hydrogen-bond acceptors (Lipinski definition) is 4. The van der Waals surface area contributed by atoms with E-state index in [9.17, 15) is 9.59 Å². The van der Waals surface area contributed by atoms with E-state index in [1.54, 1.807) is 0 Å². The van der Waals surface area contributed by atoms with Gasteiger partial charge in [0, 0.05) is 25.7 Å². The Labute approximate surface area is 119 Å². The van der Waals surface area contributed by atoms with Gasteiger partial charge in [-0.25, -0.2) is 9.59 Å². The van der Waals surface area contributed by atoms with E-state index >= 15 is 0 Å². The molecule has 0 aromatic heterocycles. The summed E-state index contributed by atoms with van der Waals surface area (Å²) in [4.78, 5) is 26.5. The first kappa shape index (κ1) is 16.7. The number of urea groups is 1. The molecule has 2 amide bonds. The fourth-order valence-electron chi connectivity index (χ4n) is 2.35. The lowest BCUT2D eigenvalue weighted by Crippen LogP contribution is -2.48. The third-order valence-corrected chi connectivity index (χ3v) is 3.38. The zero-order valence-electron chi connectivity index (χ0n) is 12.3. The van der Waals surface area contributed by atoms with Gasteiger partial charge in [-0.1, -0.05) is 6.92 Å². The highest BCUT2D eigenvalue weighted by Gasteiger charge is 2.25. The van der Waals surface area contributed by atoms with Gasteiger partial charge in [0.2, 0.25) is 0 Å². The SMILES string of the molecule is CCC1CN(C)CCCN1C(=O)NCCOCC(=O)O. The largest absolute Gasteiger partial charge is 0.480 e. The summed E-state index contributed by atoms with van der Waals surface area (Å²) in [7, 11) is 2.07. The van der Waals surface area contributed by atoms with E-state index in [4.69, 9.17) is 9.84 Å². The standard InChI is InChI=1S/C13H25N3O4/c1-3-11-9-15(2)6-4-7-16(11)13(19)14-5-8-20-10-12(17)18/h11H,3-10H2,1-2H3,(H,14,19)(H,17,18). The second kappa shape index (κ2) is 8.76. The third kappa shape index (κ3) is 5.75. The number of aliphatic carboxylic acids is 1. The summed E-state index contributed by atoms with van der Waals surface area (Å²) in [5.41, 5.74) is 0. The number of carbonyl (C=O) groups is 2. The van der Waals surface area contributed by atoms with E-state index in [-0.39, 0.29) is 25.3 Å². The van der Waals surface area contributed by atoms with Crippen molar-refractivity contribution in [1.82, 2.24) is 15.1 Å². The molecular formula is C13H25N3O4. The quantitative estimate of drug-likeness (QED) is 0.683. The van der Waals surface area contributed by atoms with Gasteiger partial charge in [0.25, 0.3) is 0 Å². The van der Waals surface area contributed by atoms with Gasteiger partial charge in [-0.3, -0.25) is 0 Å². The highest BCUT2D eigenvalue weighted by molar-refractivity contribution is 5.74. The van der Waals surface area contributed by atoms with Crippen LogP contribution in [0.2, 0.25) is 0 Å². The number of nitrogens with one attached hydrogen (secondary N) is 1. The predicted molar refractivity (Wildman–Crippen MR) is 74.8 cm³/mol. The van der Waals surface area contributed by atoms with Crippen LogP contribution in [0.3, 0.4) is 0 Å². The van der Waals surface area contributed by atoms with Crippen LogP contribution in [0.1, 0.15) is 19.8 Å². The molecule has 1 fully saturated rings. The number of carbonyl (C=O) groups excluding carboxylic acids is 1. The maximum absolute atomic E-state index is 12.1. The lowest BCUT2D eigenvalue weighted by Gasteiger charge is -2.30. The zero-order chi connectivity index (χ0) is 15.0. The second-order valence-electron chi connectivity index (χ2n) is 5.05. The number of hydrogen-bond donors (Lipinski definition) is 2. The van der Waals surface area contributed by atoms with Gasteiger partial charge < -0.3 is 25.0 Å². The van der Waals surface area contributed by atoms with Crippen LogP contribution in [0.4, 0.5) is 4.79 Å². The summed E-state index contributed by atoms with van der Waals surface area (Å²) in [5.74, 6) is -1.00. The first-order valence-corrected chi connectivity index (χ1v) is 7.07. The summed E-state index contributed by atoms with van der Waals surface area (Å²) in [5, 5.41) is 11.2. The van der Waals surface area contributed by atoms with E-state index in [0.29, 0.717) is 6.54 Å². The van der Waals surface area contributed by atoms with Crippen molar-refractivity contribution in [2.45, 2.75) is 25.8 Å².